The van der Waals surface area contributed by atoms with Crippen LogP contribution in [0.25, 0.3) is 0 Å². The zero-order valence-electron chi connectivity index (χ0n) is 7.71. The second kappa shape index (κ2) is 6.65. The molecule has 1 N–H and O–H groups in total. The summed E-state index contributed by atoms with van der Waals surface area (Å²) in [4.78, 5) is 10.2. The molecule has 0 saturated carbocycles. The van der Waals surface area contributed by atoms with Crippen LogP contribution in [0.15, 0.2) is 23.8 Å². The van der Waals surface area contributed by atoms with Crippen molar-refractivity contribution >= 4 is 5.97 Å². The van der Waals surface area contributed by atoms with Crippen molar-refractivity contribution in [3.05, 3.63) is 23.8 Å². The maximum Gasteiger partial charge on any atom is 0.328 e. The summed E-state index contributed by atoms with van der Waals surface area (Å²) in [6.07, 6.45) is 7.95. The van der Waals surface area contributed by atoms with Gasteiger partial charge in [-0.2, -0.15) is 0 Å². The number of carbonyl (C=O) groups is 1. The van der Waals surface area contributed by atoms with Gasteiger partial charge in [0.2, 0.25) is 0 Å². The van der Waals surface area contributed by atoms with E-state index >= 15 is 0 Å². The van der Waals surface area contributed by atoms with Crippen molar-refractivity contribution in [1.82, 2.24) is 0 Å². The minimum absolute atomic E-state index is 0.883. The lowest BCUT2D eigenvalue weighted by Gasteiger charge is -1.94. The summed E-state index contributed by atoms with van der Waals surface area (Å²) in [5.41, 5.74) is 1.10. The van der Waals surface area contributed by atoms with Gasteiger partial charge in [-0.1, -0.05) is 38.0 Å². The summed E-state index contributed by atoms with van der Waals surface area (Å²) in [6, 6.07) is 0. The van der Waals surface area contributed by atoms with Gasteiger partial charge in [0.1, 0.15) is 0 Å². The second-order valence-electron chi connectivity index (χ2n) is 2.59. The number of hydrogen-bond acceptors (Lipinski definition) is 1. The number of aliphatic carboxylic acids is 1. The van der Waals surface area contributed by atoms with Gasteiger partial charge in [-0.3, -0.25) is 0 Å². The standard InChI is InChI=1S/C10H16O2/c1-3-5-6-9(4-2)7-8-10(11)12/h6-8H,3-5H2,1-2H3,(H,11,12). The molecule has 0 atom stereocenters. The summed E-state index contributed by atoms with van der Waals surface area (Å²) in [6.45, 7) is 4.12. The van der Waals surface area contributed by atoms with Gasteiger partial charge in [0, 0.05) is 6.08 Å². The van der Waals surface area contributed by atoms with Crippen LogP contribution in [0.2, 0.25) is 0 Å². The Bertz CT molecular complexity index is 190. The minimum atomic E-state index is -0.883. The number of allylic oxidation sites excluding steroid dienone is 3. The van der Waals surface area contributed by atoms with E-state index in [1.54, 1.807) is 6.08 Å². The van der Waals surface area contributed by atoms with E-state index in [0.717, 1.165) is 24.8 Å². The van der Waals surface area contributed by atoms with E-state index in [1.165, 1.54) is 6.08 Å². The van der Waals surface area contributed by atoms with Crippen LogP contribution >= 0.6 is 0 Å². The first kappa shape index (κ1) is 11.0. The average molecular weight is 168 g/mol. The fourth-order valence-electron chi connectivity index (χ4n) is 0.838. The number of hydrogen-bond donors (Lipinski definition) is 1. The van der Waals surface area contributed by atoms with Crippen LogP contribution in [0.4, 0.5) is 0 Å². The second-order valence-corrected chi connectivity index (χ2v) is 2.59. The highest BCUT2D eigenvalue weighted by Gasteiger charge is 1.89. The molecule has 0 bridgehead atoms. The third kappa shape index (κ3) is 5.71. The monoisotopic (exact) mass is 168 g/mol. The van der Waals surface area contributed by atoms with Gasteiger partial charge in [0.05, 0.1) is 0 Å². The van der Waals surface area contributed by atoms with Crippen LogP contribution in [0.1, 0.15) is 33.1 Å². The molecular weight excluding hydrogens is 152 g/mol. The van der Waals surface area contributed by atoms with Crippen molar-refractivity contribution in [1.29, 1.82) is 0 Å². The molecule has 0 aliphatic rings. The molecule has 0 rings (SSSR count). The highest BCUT2D eigenvalue weighted by atomic mass is 16.4. The topological polar surface area (TPSA) is 37.3 Å². The van der Waals surface area contributed by atoms with E-state index in [4.69, 9.17) is 5.11 Å². The molecular formula is C10H16O2. The van der Waals surface area contributed by atoms with Gasteiger partial charge in [-0.05, 0) is 12.8 Å². The van der Waals surface area contributed by atoms with E-state index in [2.05, 4.69) is 13.0 Å². The van der Waals surface area contributed by atoms with Gasteiger partial charge in [-0.15, -0.1) is 0 Å². The van der Waals surface area contributed by atoms with Crippen LogP contribution in [-0.2, 0) is 4.79 Å². The Balaban J connectivity index is 4.07. The van der Waals surface area contributed by atoms with Crippen LogP contribution in [-0.4, -0.2) is 11.1 Å². The summed E-state index contributed by atoms with van der Waals surface area (Å²) in [5.74, 6) is -0.883. The van der Waals surface area contributed by atoms with Gasteiger partial charge >= 0.3 is 5.97 Å². The zero-order valence-corrected chi connectivity index (χ0v) is 7.71. The quantitative estimate of drug-likeness (QED) is 0.506. The van der Waals surface area contributed by atoms with E-state index < -0.39 is 5.97 Å². The van der Waals surface area contributed by atoms with E-state index in [9.17, 15) is 4.79 Å². The lowest BCUT2D eigenvalue weighted by molar-refractivity contribution is -0.131. The summed E-state index contributed by atoms with van der Waals surface area (Å²) in [5, 5.41) is 8.37. The molecule has 0 heterocycles. The zero-order chi connectivity index (χ0) is 9.40. The lowest BCUT2D eigenvalue weighted by Crippen LogP contribution is -1.86. The molecule has 0 amide bonds. The van der Waals surface area contributed by atoms with Crippen molar-refractivity contribution in [2.45, 2.75) is 33.1 Å². The molecule has 0 saturated heterocycles. The maximum atomic E-state index is 10.2. The molecule has 0 aliphatic carbocycles. The number of unbranched alkanes of at least 4 members (excludes halogenated alkanes) is 1. The smallest absolute Gasteiger partial charge is 0.328 e. The Kier molecular flexibility index (Phi) is 6.07. The van der Waals surface area contributed by atoms with Gasteiger partial charge in [-0.25, -0.2) is 4.79 Å². The molecule has 0 spiro atoms. The average Bonchev–Trinajstić information content (AvgIpc) is 2.05. The Hall–Kier alpha value is -1.05. The molecule has 12 heavy (non-hydrogen) atoms. The lowest BCUT2D eigenvalue weighted by atomic mass is 10.1. The first-order valence-corrected chi connectivity index (χ1v) is 4.30. The van der Waals surface area contributed by atoms with Crippen molar-refractivity contribution in [3.63, 3.8) is 0 Å². The first-order valence-electron chi connectivity index (χ1n) is 4.30. The van der Waals surface area contributed by atoms with Crippen LogP contribution in [0.5, 0.6) is 0 Å². The van der Waals surface area contributed by atoms with Crippen molar-refractivity contribution < 1.29 is 9.90 Å². The molecule has 0 aliphatic heterocycles. The number of carboxylic acids is 1. The first-order chi connectivity index (χ1) is 5.70. The predicted octanol–water partition coefficient (Wildman–Crippen LogP) is 2.76. The van der Waals surface area contributed by atoms with Crippen LogP contribution in [0, 0.1) is 0 Å². The number of carboxylic acid groups (broad SMARTS) is 1. The minimum Gasteiger partial charge on any atom is -0.478 e. The Morgan fingerprint density at radius 3 is 2.42 bits per heavy atom. The van der Waals surface area contributed by atoms with Crippen molar-refractivity contribution in [2.24, 2.45) is 0 Å². The van der Waals surface area contributed by atoms with Crippen molar-refractivity contribution in [2.75, 3.05) is 0 Å². The molecule has 0 aromatic rings. The molecule has 0 aromatic heterocycles. The fraction of sp³-hybridized carbons (Fsp3) is 0.500. The fourth-order valence-corrected chi connectivity index (χ4v) is 0.838. The number of rotatable bonds is 5. The largest absolute Gasteiger partial charge is 0.478 e. The Morgan fingerprint density at radius 1 is 1.33 bits per heavy atom. The van der Waals surface area contributed by atoms with E-state index in [0.29, 0.717) is 0 Å². The van der Waals surface area contributed by atoms with Gasteiger partial charge < -0.3 is 5.11 Å². The molecule has 0 aromatic carbocycles. The van der Waals surface area contributed by atoms with E-state index in [-0.39, 0.29) is 0 Å². The SMILES string of the molecule is CCCC=C(C=CC(=O)O)CC. The molecule has 0 radical (unpaired) electrons. The normalized spacial score (nSPS) is 12.3. The molecule has 2 heteroatoms. The van der Waals surface area contributed by atoms with Crippen LogP contribution in [0.3, 0.4) is 0 Å². The summed E-state index contributed by atoms with van der Waals surface area (Å²) >= 11 is 0. The Labute approximate surface area is 73.6 Å². The third-order valence-electron chi connectivity index (χ3n) is 1.54. The molecule has 0 unspecified atom stereocenters. The third-order valence-corrected chi connectivity index (χ3v) is 1.54. The molecule has 68 valence electrons. The Morgan fingerprint density at radius 2 is 2.00 bits per heavy atom. The maximum absolute atomic E-state index is 10.2. The highest BCUT2D eigenvalue weighted by Crippen LogP contribution is 2.05. The van der Waals surface area contributed by atoms with Gasteiger partial charge in [0.15, 0.2) is 0 Å². The molecule has 2 nitrogen and oxygen atoms in total. The predicted molar refractivity (Wildman–Crippen MR) is 50.1 cm³/mol. The van der Waals surface area contributed by atoms with Gasteiger partial charge in [0.25, 0.3) is 0 Å². The summed E-state index contributed by atoms with van der Waals surface area (Å²) < 4.78 is 0. The van der Waals surface area contributed by atoms with Crippen molar-refractivity contribution in [3.8, 4) is 0 Å². The molecule has 0 fully saturated rings. The van der Waals surface area contributed by atoms with Crippen LogP contribution < -0.4 is 0 Å². The summed E-state index contributed by atoms with van der Waals surface area (Å²) in [7, 11) is 0. The van der Waals surface area contributed by atoms with E-state index in [1.807, 2.05) is 6.92 Å². The highest BCUT2D eigenvalue weighted by molar-refractivity contribution is 5.80.